The Morgan fingerprint density at radius 1 is 1.29 bits per heavy atom. The lowest BCUT2D eigenvalue weighted by atomic mass is 10.0. The Bertz CT molecular complexity index is 541. The summed E-state index contributed by atoms with van der Waals surface area (Å²) in [6.45, 7) is 3.17. The molecule has 0 amide bonds. The summed E-state index contributed by atoms with van der Waals surface area (Å²) < 4.78 is 1.15. The number of benzene rings is 1. The third-order valence-corrected chi connectivity index (χ3v) is 5.59. The van der Waals surface area contributed by atoms with Crippen molar-refractivity contribution >= 4 is 27.3 Å². The maximum atomic E-state index is 6.38. The molecule has 0 saturated heterocycles. The number of nitrogens with zero attached hydrogens (tertiary/aromatic N) is 1. The zero-order valence-electron chi connectivity index (χ0n) is 12.6. The number of hydrogen-bond donors (Lipinski definition) is 1. The van der Waals surface area contributed by atoms with Crippen LogP contribution in [0.1, 0.15) is 29.8 Å². The lowest BCUT2D eigenvalue weighted by Crippen LogP contribution is -2.39. The topological polar surface area (TPSA) is 29.3 Å². The molecule has 0 bridgehead atoms. The summed E-state index contributed by atoms with van der Waals surface area (Å²) in [5, 5.41) is 2.13. The molecule has 2 rings (SSSR count). The van der Waals surface area contributed by atoms with Gasteiger partial charge in [0.1, 0.15) is 0 Å². The van der Waals surface area contributed by atoms with E-state index in [4.69, 9.17) is 5.73 Å². The number of likely N-dealkylation sites (N-methyl/N-ethyl adjacent to an activating group) is 1. The van der Waals surface area contributed by atoms with E-state index in [2.05, 4.69) is 76.6 Å². The van der Waals surface area contributed by atoms with Gasteiger partial charge in [0.25, 0.3) is 0 Å². The van der Waals surface area contributed by atoms with E-state index in [0.29, 0.717) is 0 Å². The molecule has 2 aromatic rings. The molecule has 2 unspecified atom stereocenters. The van der Waals surface area contributed by atoms with Crippen molar-refractivity contribution in [3.05, 3.63) is 56.7 Å². The second-order valence-corrected chi connectivity index (χ2v) is 7.26. The molecule has 0 aliphatic heterocycles. The van der Waals surface area contributed by atoms with Crippen molar-refractivity contribution in [1.29, 1.82) is 0 Å². The minimum Gasteiger partial charge on any atom is -0.326 e. The van der Waals surface area contributed by atoms with Crippen molar-refractivity contribution in [1.82, 2.24) is 4.90 Å². The molecule has 0 aliphatic carbocycles. The molecule has 114 valence electrons. The molecule has 0 aliphatic rings. The molecule has 21 heavy (non-hydrogen) atoms. The van der Waals surface area contributed by atoms with E-state index in [9.17, 15) is 0 Å². The fraction of sp³-hybridized carbons (Fsp3) is 0.412. The van der Waals surface area contributed by atoms with Gasteiger partial charge in [-0.05, 0) is 47.4 Å². The molecule has 2 nitrogen and oxygen atoms in total. The summed E-state index contributed by atoms with van der Waals surface area (Å²) >= 11 is 5.33. The Morgan fingerprint density at radius 2 is 2.00 bits per heavy atom. The van der Waals surface area contributed by atoms with Gasteiger partial charge in [-0.3, -0.25) is 4.90 Å². The summed E-state index contributed by atoms with van der Waals surface area (Å²) in [5.74, 6) is 0. The van der Waals surface area contributed by atoms with Crippen molar-refractivity contribution in [2.45, 2.75) is 31.8 Å². The first kappa shape index (κ1) is 16.7. The third-order valence-electron chi connectivity index (χ3n) is 3.83. The molecule has 2 atom stereocenters. The fourth-order valence-corrected chi connectivity index (χ4v) is 4.24. The number of halogens is 1. The van der Waals surface area contributed by atoms with Crippen LogP contribution in [0.2, 0.25) is 0 Å². The Balaban J connectivity index is 2.06. The molecular weight excluding hydrogens is 344 g/mol. The summed E-state index contributed by atoms with van der Waals surface area (Å²) in [5.41, 5.74) is 7.75. The average Bonchev–Trinajstić information content (AvgIpc) is 2.92. The molecule has 2 N–H and O–H groups in total. The van der Waals surface area contributed by atoms with Crippen molar-refractivity contribution in [3.8, 4) is 0 Å². The standard InChI is InChI=1S/C17H23BrN2S/c1-3-15(19)17(16-11-14(18)12-21-16)20(2)10-9-13-7-5-4-6-8-13/h4-8,11-12,15,17H,3,9-10,19H2,1-2H3. The maximum Gasteiger partial charge on any atom is 0.0591 e. The highest BCUT2D eigenvalue weighted by Crippen LogP contribution is 2.31. The molecule has 0 radical (unpaired) electrons. The molecule has 0 saturated carbocycles. The Morgan fingerprint density at radius 3 is 2.57 bits per heavy atom. The quantitative estimate of drug-likeness (QED) is 0.783. The van der Waals surface area contributed by atoms with Gasteiger partial charge in [-0.2, -0.15) is 0 Å². The van der Waals surface area contributed by atoms with Crippen LogP contribution in [0.4, 0.5) is 0 Å². The van der Waals surface area contributed by atoms with Gasteiger partial charge >= 0.3 is 0 Å². The van der Waals surface area contributed by atoms with Crippen LogP contribution in [0, 0.1) is 0 Å². The van der Waals surface area contributed by atoms with Crippen LogP contribution in [0.25, 0.3) is 0 Å². The first-order valence-corrected chi connectivity index (χ1v) is 9.02. The Kier molecular flexibility index (Phi) is 6.42. The molecule has 0 spiro atoms. The number of thiophene rings is 1. The zero-order chi connectivity index (χ0) is 15.2. The zero-order valence-corrected chi connectivity index (χ0v) is 15.0. The van der Waals surface area contributed by atoms with Crippen LogP contribution in [0.15, 0.2) is 46.3 Å². The minimum absolute atomic E-state index is 0.163. The molecule has 1 aromatic heterocycles. The average molecular weight is 367 g/mol. The summed E-state index contributed by atoms with van der Waals surface area (Å²) in [7, 11) is 2.18. The van der Waals surface area contributed by atoms with E-state index in [1.165, 1.54) is 10.4 Å². The van der Waals surface area contributed by atoms with Gasteiger partial charge in [0.05, 0.1) is 6.04 Å². The van der Waals surface area contributed by atoms with Crippen LogP contribution < -0.4 is 5.73 Å². The first-order chi connectivity index (χ1) is 10.1. The van der Waals surface area contributed by atoms with Crippen LogP contribution in [0.5, 0.6) is 0 Å². The predicted molar refractivity (Wildman–Crippen MR) is 95.8 cm³/mol. The van der Waals surface area contributed by atoms with Gasteiger partial charge < -0.3 is 5.73 Å². The summed E-state index contributed by atoms with van der Waals surface area (Å²) in [4.78, 5) is 3.73. The van der Waals surface area contributed by atoms with Gasteiger partial charge in [-0.25, -0.2) is 0 Å². The second kappa shape index (κ2) is 8.08. The smallest absolute Gasteiger partial charge is 0.0591 e. The third kappa shape index (κ3) is 4.65. The normalized spacial score (nSPS) is 14.3. The van der Waals surface area contributed by atoms with Crippen LogP contribution in [-0.2, 0) is 6.42 Å². The van der Waals surface area contributed by atoms with E-state index in [0.717, 1.165) is 23.9 Å². The summed E-state index contributed by atoms with van der Waals surface area (Å²) in [6, 6.07) is 13.3. The summed E-state index contributed by atoms with van der Waals surface area (Å²) in [6.07, 6.45) is 2.03. The van der Waals surface area contributed by atoms with Crippen LogP contribution >= 0.6 is 27.3 Å². The highest BCUT2D eigenvalue weighted by atomic mass is 79.9. The SMILES string of the molecule is CCC(N)C(c1cc(Br)cs1)N(C)CCc1ccccc1. The molecule has 1 heterocycles. The largest absolute Gasteiger partial charge is 0.326 e. The molecule has 4 heteroatoms. The highest BCUT2D eigenvalue weighted by molar-refractivity contribution is 9.10. The fourth-order valence-electron chi connectivity index (χ4n) is 2.55. The van der Waals surface area contributed by atoms with E-state index in [-0.39, 0.29) is 12.1 Å². The minimum atomic E-state index is 0.163. The molecular formula is C17H23BrN2S. The van der Waals surface area contributed by atoms with Crippen molar-refractivity contribution < 1.29 is 0 Å². The monoisotopic (exact) mass is 366 g/mol. The van der Waals surface area contributed by atoms with Gasteiger partial charge in [0, 0.05) is 27.3 Å². The lowest BCUT2D eigenvalue weighted by molar-refractivity contribution is 0.215. The Labute approximate surface area is 140 Å². The number of hydrogen-bond acceptors (Lipinski definition) is 3. The lowest BCUT2D eigenvalue weighted by Gasteiger charge is -2.31. The van der Waals surface area contributed by atoms with Gasteiger partial charge in [-0.15, -0.1) is 11.3 Å². The number of nitrogens with two attached hydrogens (primary N) is 1. The van der Waals surface area contributed by atoms with Gasteiger partial charge in [0.15, 0.2) is 0 Å². The van der Waals surface area contributed by atoms with Gasteiger partial charge in [0.2, 0.25) is 0 Å². The van der Waals surface area contributed by atoms with E-state index < -0.39 is 0 Å². The predicted octanol–water partition coefficient (Wildman–Crippen LogP) is 4.46. The van der Waals surface area contributed by atoms with Crippen LogP contribution in [-0.4, -0.2) is 24.5 Å². The van der Waals surface area contributed by atoms with Crippen molar-refractivity contribution in [2.24, 2.45) is 5.73 Å². The van der Waals surface area contributed by atoms with Gasteiger partial charge in [-0.1, -0.05) is 37.3 Å². The molecule has 1 aromatic carbocycles. The van der Waals surface area contributed by atoms with E-state index in [1.54, 1.807) is 11.3 Å². The second-order valence-electron chi connectivity index (χ2n) is 5.40. The first-order valence-electron chi connectivity index (χ1n) is 7.35. The van der Waals surface area contributed by atoms with Crippen LogP contribution in [0.3, 0.4) is 0 Å². The highest BCUT2D eigenvalue weighted by Gasteiger charge is 2.24. The number of rotatable bonds is 7. The molecule has 0 fully saturated rings. The van der Waals surface area contributed by atoms with Crippen molar-refractivity contribution in [2.75, 3.05) is 13.6 Å². The Hall–Kier alpha value is -0.680. The van der Waals surface area contributed by atoms with E-state index >= 15 is 0 Å². The van der Waals surface area contributed by atoms with Crippen molar-refractivity contribution in [3.63, 3.8) is 0 Å². The van der Waals surface area contributed by atoms with E-state index in [1.807, 2.05) is 0 Å². The maximum absolute atomic E-state index is 6.38.